The molecule has 4 nitrogen and oxygen atoms in total. The Morgan fingerprint density at radius 1 is 1.42 bits per heavy atom. The van der Waals surface area contributed by atoms with Crippen LogP contribution in [0.4, 0.5) is 5.82 Å². The lowest BCUT2D eigenvalue weighted by atomic mass is 10.2. The van der Waals surface area contributed by atoms with E-state index >= 15 is 0 Å². The van der Waals surface area contributed by atoms with Gasteiger partial charge in [-0.1, -0.05) is 0 Å². The molecule has 2 aromatic rings. The lowest BCUT2D eigenvalue weighted by Crippen LogP contribution is -1.81. The number of nitrogens with two attached hydrogens (primary N) is 1. The number of aromatic amines is 1. The Morgan fingerprint density at radius 3 is 2.92 bits per heavy atom. The highest BCUT2D eigenvalue weighted by molar-refractivity contribution is 5.60. The van der Waals surface area contributed by atoms with Gasteiger partial charge in [0.15, 0.2) is 0 Å². The summed E-state index contributed by atoms with van der Waals surface area (Å²) < 4.78 is 0. The Balaban J connectivity index is 2.45. The van der Waals surface area contributed by atoms with Crippen LogP contribution in [0.2, 0.25) is 0 Å². The molecule has 3 N–H and O–H groups in total. The summed E-state index contributed by atoms with van der Waals surface area (Å²) in [7, 11) is 0. The molecule has 0 radical (unpaired) electrons. The lowest BCUT2D eigenvalue weighted by molar-refractivity contribution is 1.10. The fraction of sp³-hybridized carbons (Fsp3) is 0. The van der Waals surface area contributed by atoms with Gasteiger partial charge in [0, 0.05) is 24.0 Å². The summed E-state index contributed by atoms with van der Waals surface area (Å²) in [5.74, 6) is 0.494. The van der Waals surface area contributed by atoms with E-state index in [1.807, 2.05) is 12.1 Å². The first kappa shape index (κ1) is 6.84. The van der Waals surface area contributed by atoms with Crippen molar-refractivity contribution in [2.45, 2.75) is 0 Å². The van der Waals surface area contributed by atoms with Gasteiger partial charge in [0.2, 0.25) is 0 Å². The summed E-state index contributed by atoms with van der Waals surface area (Å²) in [4.78, 5) is 3.98. The van der Waals surface area contributed by atoms with Crippen LogP contribution < -0.4 is 5.73 Å². The number of hydrogen-bond donors (Lipinski definition) is 2. The van der Waals surface area contributed by atoms with Gasteiger partial charge in [-0.25, -0.2) is 0 Å². The van der Waals surface area contributed by atoms with E-state index in [2.05, 4.69) is 15.2 Å². The van der Waals surface area contributed by atoms with Crippen LogP contribution in [0.25, 0.3) is 11.3 Å². The van der Waals surface area contributed by atoms with Gasteiger partial charge < -0.3 is 5.73 Å². The van der Waals surface area contributed by atoms with E-state index in [9.17, 15) is 0 Å². The minimum absolute atomic E-state index is 0.494. The van der Waals surface area contributed by atoms with Gasteiger partial charge in [-0.05, 0) is 12.1 Å². The standard InChI is InChI=1S/C8H8N4/c9-8-4-7(11-12-8)6-2-1-3-10-5-6/h1-5H,(H3,9,11,12). The van der Waals surface area contributed by atoms with Crippen LogP contribution >= 0.6 is 0 Å². The van der Waals surface area contributed by atoms with Crippen LogP contribution in [-0.2, 0) is 0 Å². The summed E-state index contributed by atoms with van der Waals surface area (Å²) >= 11 is 0. The summed E-state index contributed by atoms with van der Waals surface area (Å²) in [6.07, 6.45) is 3.48. The SMILES string of the molecule is Nc1cc(-c2cccnc2)[nH]n1. The zero-order valence-electron chi connectivity index (χ0n) is 6.36. The normalized spacial score (nSPS) is 10.0. The van der Waals surface area contributed by atoms with Crippen molar-refractivity contribution < 1.29 is 0 Å². The molecule has 2 heterocycles. The molecule has 2 rings (SSSR count). The van der Waals surface area contributed by atoms with Crippen LogP contribution in [0.1, 0.15) is 0 Å². The van der Waals surface area contributed by atoms with Crippen LogP contribution in [-0.4, -0.2) is 15.2 Å². The molecule has 12 heavy (non-hydrogen) atoms. The largest absolute Gasteiger partial charge is 0.382 e. The first-order valence-corrected chi connectivity index (χ1v) is 3.57. The minimum Gasteiger partial charge on any atom is -0.382 e. The fourth-order valence-electron chi connectivity index (χ4n) is 1.01. The average molecular weight is 160 g/mol. The molecule has 0 unspecified atom stereocenters. The predicted molar refractivity (Wildman–Crippen MR) is 46.2 cm³/mol. The van der Waals surface area contributed by atoms with E-state index in [1.165, 1.54) is 0 Å². The van der Waals surface area contributed by atoms with Gasteiger partial charge in [-0.3, -0.25) is 10.1 Å². The Bertz CT molecular complexity index is 366. The summed E-state index contributed by atoms with van der Waals surface area (Å²) in [6, 6.07) is 5.59. The summed E-state index contributed by atoms with van der Waals surface area (Å²) in [5.41, 5.74) is 7.33. The number of anilines is 1. The number of rotatable bonds is 1. The number of pyridine rings is 1. The van der Waals surface area contributed by atoms with Crippen molar-refractivity contribution in [1.82, 2.24) is 15.2 Å². The Morgan fingerprint density at radius 2 is 2.33 bits per heavy atom. The van der Waals surface area contributed by atoms with Gasteiger partial charge in [0.25, 0.3) is 0 Å². The quantitative estimate of drug-likeness (QED) is 0.655. The van der Waals surface area contributed by atoms with Crippen LogP contribution in [0.5, 0.6) is 0 Å². The van der Waals surface area contributed by atoms with Gasteiger partial charge in [-0.2, -0.15) is 5.10 Å². The van der Waals surface area contributed by atoms with E-state index in [4.69, 9.17) is 5.73 Å². The maximum atomic E-state index is 5.45. The van der Waals surface area contributed by atoms with Gasteiger partial charge in [0.1, 0.15) is 5.82 Å². The summed E-state index contributed by atoms with van der Waals surface area (Å²) in [6.45, 7) is 0. The van der Waals surface area contributed by atoms with E-state index in [0.717, 1.165) is 11.3 Å². The minimum atomic E-state index is 0.494. The fourth-order valence-corrected chi connectivity index (χ4v) is 1.01. The smallest absolute Gasteiger partial charge is 0.145 e. The molecule has 0 aliphatic rings. The van der Waals surface area contributed by atoms with Gasteiger partial charge in [-0.15, -0.1) is 0 Å². The average Bonchev–Trinajstić information content (AvgIpc) is 2.54. The number of H-pyrrole nitrogens is 1. The number of nitrogens with one attached hydrogen (secondary N) is 1. The second-order valence-corrected chi connectivity index (χ2v) is 2.45. The molecule has 60 valence electrons. The monoisotopic (exact) mass is 160 g/mol. The molecule has 0 aromatic carbocycles. The van der Waals surface area contributed by atoms with Crippen molar-refractivity contribution in [2.75, 3.05) is 5.73 Å². The van der Waals surface area contributed by atoms with Gasteiger partial charge >= 0.3 is 0 Å². The number of nitrogen functional groups attached to an aromatic ring is 1. The molecule has 0 amide bonds. The van der Waals surface area contributed by atoms with Crippen LogP contribution in [0.15, 0.2) is 30.6 Å². The van der Waals surface area contributed by atoms with Gasteiger partial charge in [0.05, 0.1) is 5.69 Å². The van der Waals surface area contributed by atoms with Crippen molar-refractivity contribution in [3.8, 4) is 11.3 Å². The summed E-state index contributed by atoms with van der Waals surface area (Å²) in [5, 5.41) is 6.62. The zero-order valence-corrected chi connectivity index (χ0v) is 6.36. The molecule has 0 fully saturated rings. The van der Waals surface area contributed by atoms with Crippen molar-refractivity contribution in [2.24, 2.45) is 0 Å². The lowest BCUT2D eigenvalue weighted by Gasteiger charge is -1.92. The molecule has 4 heteroatoms. The first-order chi connectivity index (χ1) is 5.86. The Hall–Kier alpha value is -1.84. The van der Waals surface area contributed by atoms with Crippen LogP contribution in [0, 0.1) is 0 Å². The highest BCUT2D eigenvalue weighted by atomic mass is 15.2. The molecule has 0 saturated carbocycles. The highest BCUT2D eigenvalue weighted by Gasteiger charge is 1.99. The topological polar surface area (TPSA) is 67.6 Å². The third-order valence-corrected chi connectivity index (χ3v) is 1.57. The molecule has 0 spiro atoms. The van der Waals surface area contributed by atoms with Crippen LogP contribution in [0.3, 0.4) is 0 Å². The number of hydrogen-bond acceptors (Lipinski definition) is 3. The molecule has 0 atom stereocenters. The molecule has 2 aromatic heterocycles. The van der Waals surface area contributed by atoms with Crippen molar-refractivity contribution >= 4 is 5.82 Å². The highest BCUT2D eigenvalue weighted by Crippen LogP contribution is 2.15. The molecule has 0 aliphatic carbocycles. The van der Waals surface area contributed by atoms with E-state index in [-0.39, 0.29) is 0 Å². The number of nitrogens with zero attached hydrogens (tertiary/aromatic N) is 2. The van der Waals surface area contributed by atoms with Crippen molar-refractivity contribution in [1.29, 1.82) is 0 Å². The maximum Gasteiger partial charge on any atom is 0.145 e. The number of aromatic nitrogens is 3. The second-order valence-electron chi connectivity index (χ2n) is 2.45. The third kappa shape index (κ3) is 1.14. The molecular weight excluding hydrogens is 152 g/mol. The van der Waals surface area contributed by atoms with E-state index < -0.39 is 0 Å². The zero-order chi connectivity index (χ0) is 8.39. The third-order valence-electron chi connectivity index (χ3n) is 1.57. The maximum absolute atomic E-state index is 5.45. The van der Waals surface area contributed by atoms with E-state index in [0.29, 0.717) is 5.82 Å². The molecule has 0 aliphatic heterocycles. The second kappa shape index (κ2) is 2.65. The van der Waals surface area contributed by atoms with Crippen molar-refractivity contribution in [3.63, 3.8) is 0 Å². The predicted octanol–water partition coefficient (Wildman–Crippen LogP) is 1.05. The van der Waals surface area contributed by atoms with E-state index in [1.54, 1.807) is 18.5 Å². The molecule has 0 saturated heterocycles. The molecule has 0 bridgehead atoms. The van der Waals surface area contributed by atoms with Crippen molar-refractivity contribution in [3.05, 3.63) is 30.6 Å². The Labute approximate surface area is 69.4 Å². The Kier molecular flexibility index (Phi) is 1.51. The molecular formula is C8H8N4. The first-order valence-electron chi connectivity index (χ1n) is 3.57.